The van der Waals surface area contributed by atoms with E-state index >= 15 is 0 Å². The molecule has 0 N–H and O–H groups in total. The summed E-state index contributed by atoms with van der Waals surface area (Å²) in [5, 5.41) is 11.3. The number of benzene rings is 1. The molecule has 1 aromatic carbocycles. The molecule has 0 aliphatic rings. The molecule has 5 nitrogen and oxygen atoms in total. The molecule has 16 heavy (non-hydrogen) atoms. The van der Waals surface area contributed by atoms with E-state index in [-0.39, 0.29) is 16.1 Å². The van der Waals surface area contributed by atoms with Gasteiger partial charge in [0, 0.05) is 11.5 Å². The monoisotopic (exact) mass is 321 g/mol. The van der Waals surface area contributed by atoms with E-state index in [2.05, 4.69) is 25.9 Å². The van der Waals surface area contributed by atoms with Crippen molar-refractivity contribution in [1.29, 1.82) is 0 Å². The predicted octanol–water partition coefficient (Wildman–Crippen LogP) is 3.61. The molecule has 1 heterocycles. The number of nitro groups is 1. The maximum absolute atomic E-state index is 10.7. The van der Waals surface area contributed by atoms with Gasteiger partial charge in [-0.15, -0.1) is 0 Å². The van der Waals surface area contributed by atoms with Crippen LogP contribution in [0.4, 0.5) is 5.69 Å². The second-order valence-electron chi connectivity index (χ2n) is 2.86. The van der Waals surface area contributed by atoms with Crippen molar-refractivity contribution < 1.29 is 4.92 Å². The highest BCUT2D eigenvalue weighted by atomic mass is 79.9. The van der Waals surface area contributed by atoms with Gasteiger partial charge in [0.1, 0.15) is 5.15 Å². The fourth-order valence-electron chi connectivity index (χ4n) is 1.21. The lowest BCUT2D eigenvalue weighted by Gasteiger charge is -2.01. The standard InChI is InChI=1S/C8H2BrCl2N3O2/c9-4-1-3-5(2-6(4)14(15)16)12-8(11)13-7(3)10/h1-2H. The minimum absolute atomic E-state index is 0.0471. The second-order valence-corrected chi connectivity index (χ2v) is 4.41. The van der Waals surface area contributed by atoms with Crippen molar-refractivity contribution in [2.45, 2.75) is 0 Å². The molecule has 0 aliphatic carbocycles. The van der Waals surface area contributed by atoms with E-state index in [1.54, 1.807) is 0 Å². The smallest absolute Gasteiger partial charge is 0.258 e. The molecule has 0 atom stereocenters. The highest BCUT2D eigenvalue weighted by Gasteiger charge is 2.16. The zero-order valence-corrected chi connectivity index (χ0v) is 10.5. The van der Waals surface area contributed by atoms with Gasteiger partial charge in [0.25, 0.3) is 5.69 Å². The van der Waals surface area contributed by atoms with Crippen LogP contribution < -0.4 is 0 Å². The minimum atomic E-state index is -0.520. The topological polar surface area (TPSA) is 68.9 Å². The fraction of sp³-hybridized carbons (Fsp3) is 0. The van der Waals surface area contributed by atoms with Crippen molar-refractivity contribution in [2.75, 3.05) is 0 Å². The van der Waals surface area contributed by atoms with Crippen molar-refractivity contribution in [2.24, 2.45) is 0 Å². The van der Waals surface area contributed by atoms with Crippen molar-refractivity contribution in [3.63, 3.8) is 0 Å². The van der Waals surface area contributed by atoms with Gasteiger partial charge in [-0.2, -0.15) is 0 Å². The molecule has 0 saturated carbocycles. The van der Waals surface area contributed by atoms with Crippen LogP contribution in [-0.2, 0) is 0 Å². The van der Waals surface area contributed by atoms with Crippen molar-refractivity contribution in [1.82, 2.24) is 9.97 Å². The Hall–Kier alpha value is -0.980. The lowest BCUT2D eigenvalue weighted by molar-refractivity contribution is -0.385. The first-order valence-electron chi connectivity index (χ1n) is 3.95. The number of hydrogen-bond donors (Lipinski definition) is 0. The normalized spacial score (nSPS) is 10.7. The van der Waals surface area contributed by atoms with Crippen LogP contribution in [0.15, 0.2) is 16.6 Å². The third-order valence-corrected chi connectivity index (χ3v) is 2.98. The van der Waals surface area contributed by atoms with E-state index in [0.717, 1.165) is 0 Å². The molecule has 2 aromatic rings. The first-order valence-corrected chi connectivity index (χ1v) is 5.50. The zero-order valence-electron chi connectivity index (χ0n) is 7.45. The highest BCUT2D eigenvalue weighted by Crippen LogP contribution is 2.32. The Morgan fingerprint density at radius 3 is 2.62 bits per heavy atom. The molecule has 0 saturated heterocycles. The summed E-state index contributed by atoms with van der Waals surface area (Å²) in [7, 11) is 0. The Kier molecular flexibility index (Phi) is 2.96. The van der Waals surface area contributed by atoms with Gasteiger partial charge < -0.3 is 0 Å². The largest absolute Gasteiger partial charge is 0.285 e. The van der Waals surface area contributed by atoms with Crippen LogP contribution in [0.25, 0.3) is 10.9 Å². The van der Waals surface area contributed by atoms with Crippen LogP contribution in [0.5, 0.6) is 0 Å². The Balaban J connectivity index is 2.84. The summed E-state index contributed by atoms with van der Waals surface area (Å²) in [5.41, 5.74) is 0.234. The Bertz CT molecular complexity index is 605. The summed E-state index contributed by atoms with van der Waals surface area (Å²) in [5.74, 6) is 0. The number of hydrogen-bond acceptors (Lipinski definition) is 4. The summed E-state index contributed by atoms with van der Waals surface area (Å²) in [6, 6.07) is 2.78. The second kappa shape index (κ2) is 4.12. The zero-order chi connectivity index (χ0) is 11.9. The molecule has 0 amide bonds. The Morgan fingerprint density at radius 1 is 1.31 bits per heavy atom. The third kappa shape index (κ3) is 1.95. The molecule has 0 unspecified atom stereocenters. The number of nitrogens with zero attached hydrogens (tertiary/aromatic N) is 3. The number of nitro benzene ring substituents is 1. The summed E-state index contributed by atoms with van der Waals surface area (Å²) < 4.78 is 0.317. The molecule has 2 rings (SSSR count). The van der Waals surface area contributed by atoms with Crippen molar-refractivity contribution >= 4 is 55.7 Å². The van der Waals surface area contributed by atoms with Gasteiger partial charge in [0.2, 0.25) is 5.28 Å². The molecule has 8 heteroatoms. The van der Waals surface area contributed by atoms with Crippen LogP contribution in [0.3, 0.4) is 0 Å². The molecular weight excluding hydrogens is 321 g/mol. The third-order valence-electron chi connectivity index (χ3n) is 1.89. The molecular formula is C8H2BrCl2N3O2. The van der Waals surface area contributed by atoms with E-state index in [1.807, 2.05) is 0 Å². The van der Waals surface area contributed by atoms with Gasteiger partial charge in [-0.05, 0) is 33.6 Å². The van der Waals surface area contributed by atoms with Crippen LogP contribution in [-0.4, -0.2) is 14.9 Å². The highest BCUT2D eigenvalue weighted by molar-refractivity contribution is 9.10. The van der Waals surface area contributed by atoms with Crippen LogP contribution in [0.2, 0.25) is 10.4 Å². The molecule has 0 radical (unpaired) electrons. The summed E-state index contributed by atoms with van der Waals surface area (Å²) in [6.45, 7) is 0. The average molecular weight is 323 g/mol. The SMILES string of the molecule is O=[N+]([O-])c1cc2nc(Cl)nc(Cl)c2cc1Br. The molecule has 0 fully saturated rings. The van der Waals surface area contributed by atoms with Gasteiger partial charge in [-0.3, -0.25) is 10.1 Å². The van der Waals surface area contributed by atoms with Crippen LogP contribution in [0.1, 0.15) is 0 Å². The first kappa shape index (κ1) is 11.5. The van der Waals surface area contributed by atoms with Gasteiger partial charge in [0.05, 0.1) is 14.9 Å². The quantitative estimate of drug-likeness (QED) is 0.348. The summed E-state index contributed by atoms with van der Waals surface area (Å²) in [6.07, 6.45) is 0. The van der Waals surface area contributed by atoms with E-state index in [4.69, 9.17) is 23.2 Å². The maximum Gasteiger partial charge on any atom is 0.285 e. The van der Waals surface area contributed by atoms with Crippen LogP contribution in [0, 0.1) is 10.1 Å². The van der Waals surface area contributed by atoms with E-state index < -0.39 is 4.92 Å². The number of rotatable bonds is 1. The first-order chi connectivity index (χ1) is 7.49. The van der Waals surface area contributed by atoms with Gasteiger partial charge in [-0.1, -0.05) is 11.6 Å². The van der Waals surface area contributed by atoms with E-state index in [1.165, 1.54) is 12.1 Å². The Morgan fingerprint density at radius 2 is 2.00 bits per heavy atom. The molecule has 1 aromatic heterocycles. The molecule has 0 bridgehead atoms. The average Bonchev–Trinajstić information content (AvgIpc) is 2.18. The number of aromatic nitrogens is 2. The molecule has 0 aliphatic heterocycles. The van der Waals surface area contributed by atoms with Crippen molar-refractivity contribution in [3.05, 3.63) is 37.2 Å². The summed E-state index contributed by atoms with van der Waals surface area (Å²) >= 11 is 14.5. The summed E-state index contributed by atoms with van der Waals surface area (Å²) in [4.78, 5) is 17.8. The van der Waals surface area contributed by atoms with Gasteiger partial charge in [-0.25, -0.2) is 9.97 Å². The maximum atomic E-state index is 10.7. The van der Waals surface area contributed by atoms with Gasteiger partial charge in [0.15, 0.2) is 0 Å². The van der Waals surface area contributed by atoms with E-state index in [0.29, 0.717) is 15.4 Å². The molecule has 0 spiro atoms. The fourth-order valence-corrected chi connectivity index (χ4v) is 2.15. The Labute approximate surface area is 108 Å². The number of fused-ring (bicyclic) bond motifs is 1. The lowest BCUT2D eigenvalue weighted by Crippen LogP contribution is -1.92. The van der Waals surface area contributed by atoms with Gasteiger partial charge >= 0.3 is 0 Å². The predicted molar refractivity (Wildman–Crippen MR) is 63.9 cm³/mol. The van der Waals surface area contributed by atoms with Crippen molar-refractivity contribution in [3.8, 4) is 0 Å². The van der Waals surface area contributed by atoms with E-state index in [9.17, 15) is 10.1 Å². The molecule has 82 valence electrons. The lowest BCUT2D eigenvalue weighted by atomic mass is 10.2. The van der Waals surface area contributed by atoms with Crippen LogP contribution >= 0.6 is 39.1 Å². The minimum Gasteiger partial charge on any atom is -0.258 e. The number of halogens is 3.